The van der Waals surface area contributed by atoms with Crippen LogP contribution in [-0.4, -0.2) is 38.3 Å². The van der Waals surface area contributed by atoms with Crippen LogP contribution in [-0.2, 0) is 15.9 Å². The normalized spacial score (nSPS) is 21.3. The second kappa shape index (κ2) is 11.3. The van der Waals surface area contributed by atoms with Crippen molar-refractivity contribution in [3.05, 3.63) is 69.5 Å². The number of fused-ring (bicyclic) bond motifs is 1. The van der Waals surface area contributed by atoms with Gasteiger partial charge in [-0.15, -0.1) is 0 Å². The highest BCUT2D eigenvalue weighted by Gasteiger charge is 2.34. The van der Waals surface area contributed by atoms with Gasteiger partial charge in [-0.05, 0) is 52.9 Å². The van der Waals surface area contributed by atoms with Crippen molar-refractivity contribution in [3.8, 4) is 0 Å². The van der Waals surface area contributed by atoms with Gasteiger partial charge in [-0.25, -0.2) is 9.79 Å². The Morgan fingerprint density at radius 1 is 1.32 bits per heavy atom. The fraction of sp³-hybridized carbons (Fsp3) is 0.391. The summed E-state index contributed by atoms with van der Waals surface area (Å²) < 4.78 is 11.6. The summed E-state index contributed by atoms with van der Waals surface area (Å²) in [5.41, 5.74) is 9.58. The molecule has 0 spiro atoms. The number of benzene rings is 1. The molecule has 0 heterocycles. The Morgan fingerprint density at radius 3 is 2.84 bits per heavy atom. The van der Waals surface area contributed by atoms with Gasteiger partial charge in [0.05, 0.1) is 29.8 Å². The van der Waals surface area contributed by atoms with Crippen molar-refractivity contribution in [2.45, 2.75) is 38.3 Å². The first-order valence-electron chi connectivity index (χ1n) is 10.3. The van der Waals surface area contributed by atoms with Crippen LogP contribution in [0.15, 0.2) is 63.4 Å². The lowest BCUT2D eigenvalue weighted by Crippen LogP contribution is -2.44. The van der Waals surface area contributed by atoms with E-state index in [0.717, 1.165) is 30.5 Å². The highest BCUT2D eigenvalue weighted by molar-refractivity contribution is 9.12. The van der Waals surface area contributed by atoms with Crippen LogP contribution >= 0.6 is 15.9 Å². The van der Waals surface area contributed by atoms with Gasteiger partial charge in [0.2, 0.25) is 0 Å². The van der Waals surface area contributed by atoms with E-state index in [1.54, 1.807) is 14.0 Å². The minimum absolute atomic E-state index is 0.167. The quantitative estimate of drug-likeness (QED) is 0.308. The molecule has 2 aliphatic rings. The van der Waals surface area contributed by atoms with E-state index in [2.05, 4.69) is 43.7 Å². The minimum Gasteiger partial charge on any atom is -0.401 e. The third kappa shape index (κ3) is 6.29. The summed E-state index contributed by atoms with van der Waals surface area (Å²) in [5, 5.41) is 5.92. The van der Waals surface area contributed by atoms with Crippen molar-refractivity contribution in [2.75, 3.05) is 20.3 Å². The Balaban J connectivity index is 1.76. The molecule has 0 unspecified atom stereocenters. The summed E-state index contributed by atoms with van der Waals surface area (Å²) >= 11 is 3.45. The van der Waals surface area contributed by atoms with Crippen LogP contribution in [0.3, 0.4) is 0 Å². The van der Waals surface area contributed by atoms with Crippen LogP contribution in [0.25, 0.3) is 0 Å². The largest absolute Gasteiger partial charge is 0.401 e. The first-order valence-corrected chi connectivity index (χ1v) is 11.1. The fourth-order valence-electron chi connectivity index (χ4n) is 3.60. The number of aliphatic imine (C=N–C) groups is 1. The van der Waals surface area contributed by atoms with Gasteiger partial charge in [-0.3, -0.25) is 5.32 Å². The number of carbonyl (C=O) groups is 1. The van der Waals surface area contributed by atoms with Crippen molar-refractivity contribution in [1.29, 1.82) is 0 Å². The number of halogens is 1. The number of allylic oxidation sites excluding steroid dienone is 5. The van der Waals surface area contributed by atoms with Crippen LogP contribution in [0.4, 0.5) is 4.79 Å². The monoisotopic (exact) mass is 488 g/mol. The molecule has 4 N–H and O–H groups in total. The third-order valence-corrected chi connectivity index (χ3v) is 6.12. The summed E-state index contributed by atoms with van der Waals surface area (Å²) in [4.78, 5) is 17.6. The number of amides is 2. The van der Waals surface area contributed by atoms with Crippen LogP contribution < -0.4 is 16.4 Å². The SMILES string of the molecule is COCCO[C@H]1Cc2ccccc2[C@@H]1NC(=O)NC(=NC1=CC=CCC1)C(Br)=C(C)N. The lowest BCUT2D eigenvalue weighted by Gasteiger charge is -2.23. The van der Waals surface area contributed by atoms with E-state index in [9.17, 15) is 4.79 Å². The number of rotatable bonds is 7. The van der Waals surface area contributed by atoms with Gasteiger partial charge in [0.25, 0.3) is 0 Å². The van der Waals surface area contributed by atoms with E-state index in [4.69, 9.17) is 15.2 Å². The number of hydrogen-bond donors (Lipinski definition) is 3. The third-order valence-electron chi connectivity index (χ3n) is 5.12. The number of nitrogens with zero attached hydrogens (tertiary/aromatic N) is 1. The lowest BCUT2D eigenvalue weighted by molar-refractivity contribution is 0.00624. The van der Waals surface area contributed by atoms with Crippen molar-refractivity contribution >= 4 is 27.8 Å². The first kappa shape index (κ1) is 23.2. The number of nitrogens with two attached hydrogens (primary N) is 1. The topological polar surface area (TPSA) is 98.0 Å². The number of ether oxygens (including phenoxy) is 2. The van der Waals surface area contributed by atoms with E-state index in [-0.39, 0.29) is 18.2 Å². The molecule has 0 bridgehead atoms. The van der Waals surface area contributed by atoms with Crippen LogP contribution in [0, 0.1) is 0 Å². The number of amidine groups is 1. The molecule has 31 heavy (non-hydrogen) atoms. The Morgan fingerprint density at radius 2 is 2.13 bits per heavy atom. The van der Waals surface area contributed by atoms with E-state index in [0.29, 0.717) is 29.2 Å². The summed E-state index contributed by atoms with van der Waals surface area (Å²) in [5.74, 6) is 0.377. The Kier molecular flexibility index (Phi) is 8.45. The van der Waals surface area contributed by atoms with Gasteiger partial charge in [0.1, 0.15) is 5.84 Å². The van der Waals surface area contributed by atoms with Crippen molar-refractivity contribution in [2.24, 2.45) is 10.7 Å². The van der Waals surface area contributed by atoms with Crippen LogP contribution in [0.1, 0.15) is 36.9 Å². The molecule has 0 fully saturated rings. The molecule has 2 atom stereocenters. The molecule has 2 amide bonds. The predicted molar refractivity (Wildman–Crippen MR) is 126 cm³/mol. The zero-order valence-electron chi connectivity index (χ0n) is 17.9. The van der Waals surface area contributed by atoms with Crippen LogP contribution in [0.2, 0.25) is 0 Å². The second-order valence-corrected chi connectivity index (χ2v) is 8.26. The molecular formula is C23H29BrN4O3. The summed E-state index contributed by atoms with van der Waals surface area (Å²) in [6, 6.07) is 7.41. The highest BCUT2D eigenvalue weighted by atomic mass is 79.9. The molecule has 3 rings (SSSR count). The Bertz CT molecular complexity index is 919. The number of nitrogens with one attached hydrogen (secondary N) is 2. The highest BCUT2D eigenvalue weighted by Crippen LogP contribution is 2.33. The molecule has 0 aromatic heterocycles. The van der Waals surface area contributed by atoms with Gasteiger partial charge >= 0.3 is 6.03 Å². The van der Waals surface area contributed by atoms with Crippen LogP contribution in [0.5, 0.6) is 0 Å². The van der Waals surface area contributed by atoms with E-state index in [1.807, 2.05) is 30.4 Å². The molecule has 0 aliphatic heterocycles. The zero-order valence-corrected chi connectivity index (χ0v) is 19.4. The molecule has 0 radical (unpaired) electrons. The molecule has 0 saturated heterocycles. The first-order chi connectivity index (χ1) is 15.0. The molecule has 166 valence electrons. The number of carbonyl (C=O) groups excluding carboxylic acids is 1. The molecule has 2 aliphatic carbocycles. The average molecular weight is 489 g/mol. The Hall–Kier alpha value is -2.42. The number of hydrogen-bond acceptors (Lipinski definition) is 5. The zero-order chi connectivity index (χ0) is 22.2. The van der Waals surface area contributed by atoms with E-state index in [1.165, 1.54) is 5.56 Å². The van der Waals surface area contributed by atoms with Gasteiger partial charge in [-0.1, -0.05) is 36.4 Å². The van der Waals surface area contributed by atoms with Crippen molar-refractivity contribution in [3.63, 3.8) is 0 Å². The van der Waals surface area contributed by atoms with E-state index < -0.39 is 0 Å². The molecule has 0 saturated carbocycles. The standard InChI is InChI=1S/C23H29BrN4O3/c1-15(25)20(24)22(26-17-9-4-3-5-10-17)28-23(29)27-21-18-11-7-6-8-16(18)14-19(21)31-13-12-30-2/h3-4,6-9,11,19,21H,5,10,12-14,25H2,1-2H3,(H2,26,27,28,29)/t19-,21-/m0/s1. The summed E-state index contributed by atoms with van der Waals surface area (Å²) in [6.07, 6.45) is 8.26. The predicted octanol–water partition coefficient (Wildman–Crippen LogP) is 3.83. The average Bonchev–Trinajstić information content (AvgIpc) is 3.11. The van der Waals surface area contributed by atoms with Crippen molar-refractivity contribution in [1.82, 2.24) is 10.6 Å². The second-order valence-electron chi connectivity index (χ2n) is 7.46. The van der Waals surface area contributed by atoms with Crippen molar-refractivity contribution < 1.29 is 14.3 Å². The summed E-state index contributed by atoms with van der Waals surface area (Å²) in [6.45, 7) is 2.71. The molecule has 7 nitrogen and oxygen atoms in total. The molecule has 1 aromatic carbocycles. The summed E-state index contributed by atoms with van der Waals surface area (Å²) in [7, 11) is 1.64. The molecule has 1 aromatic rings. The maximum atomic E-state index is 13.0. The smallest absolute Gasteiger partial charge is 0.321 e. The number of methoxy groups -OCH3 is 1. The van der Waals surface area contributed by atoms with Gasteiger partial charge in [-0.2, -0.15) is 0 Å². The lowest BCUT2D eigenvalue weighted by atomic mass is 10.1. The van der Waals surface area contributed by atoms with E-state index >= 15 is 0 Å². The minimum atomic E-state index is -0.369. The van der Waals surface area contributed by atoms with Gasteiger partial charge in [0.15, 0.2) is 0 Å². The Labute approximate surface area is 191 Å². The maximum Gasteiger partial charge on any atom is 0.321 e. The number of urea groups is 1. The maximum absolute atomic E-state index is 13.0. The van der Waals surface area contributed by atoms with Gasteiger partial charge in [0, 0.05) is 24.9 Å². The van der Waals surface area contributed by atoms with Gasteiger partial charge < -0.3 is 20.5 Å². The fourth-order valence-corrected chi connectivity index (χ4v) is 3.79. The molecule has 8 heteroatoms. The molecular weight excluding hydrogens is 460 g/mol.